The molecule has 1 atom stereocenters. The number of rotatable bonds is 5. The molecule has 0 bridgehead atoms. The number of nitrogens with zero attached hydrogens (tertiary/aromatic N) is 1. The standard InChI is InChI=1S/C19H32N2O2/c1-4-18(2,3)14-5-7-19(8-6-14)10-15(19)17(23)21-11-13(12-21)9-16(20)22/h13-15H,4-12H2,1-3H3,(H2,20,22). The summed E-state index contributed by atoms with van der Waals surface area (Å²) in [7, 11) is 0. The molecule has 130 valence electrons. The molecular formula is C19H32N2O2. The van der Waals surface area contributed by atoms with Crippen LogP contribution in [0.25, 0.3) is 0 Å². The minimum absolute atomic E-state index is 0.248. The lowest BCUT2D eigenvalue weighted by Gasteiger charge is -2.41. The van der Waals surface area contributed by atoms with Gasteiger partial charge in [-0.15, -0.1) is 0 Å². The molecule has 1 aliphatic heterocycles. The highest BCUT2D eigenvalue weighted by Crippen LogP contribution is 2.64. The zero-order chi connectivity index (χ0) is 16.8. The van der Waals surface area contributed by atoms with Gasteiger partial charge in [-0.05, 0) is 48.9 Å². The number of hydrogen-bond acceptors (Lipinski definition) is 2. The van der Waals surface area contributed by atoms with E-state index in [4.69, 9.17) is 5.73 Å². The molecule has 0 aromatic carbocycles. The maximum absolute atomic E-state index is 12.6. The lowest BCUT2D eigenvalue weighted by Crippen LogP contribution is -2.52. The lowest BCUT2D eigenvalue weighted by molar-refractivity contribution is -0.141. The van der Waals surface area contributed by atoms with Crippen LogP contribution in [-0.2, 0) is 9.59 Å². The third kappa shape index (κ3) is 3.14. The summed E-state index contributed by atoms with van der Waals surface area (Å²) in [5, 5.41) is 0. The van der Waals surface area contributed by atoms with Crippen LogP contribution in [-0.4, -0.2) is 29.8 Å². The molecule has 0 aromatic rings. The van der Waals surface area contributed by atoms with Gasteiger partial charge < -0.3 is 10.6 Å². The van der Waals surface area contributed by atoms with Crippen molar-refractivity contribution in [3.05, 3.63) is 0 Å². The molecule has 0 radical (unpaired) electrons. The fourth-order valence-electron chi connectivity index (χ4n) is 4.90. The van der Waals surface area contributed by atoms with Crippen LogP contribution < -0.4 is 5.73 Å². The highest BCUT2D eigenvalue weighted by molar-refractivity contribution is 5.84. The summed E-state index contributed by atoms with van der Waals surface area (Å²) in [6.45, 7) is 8.55. The van der Waals surface area contributed by atoms with Gasteiger partial charge in [0.1, 0.15) is 0 Å². The van der Waals surface area contributed by atoms with Crippen molar-refractivity contribution >= 4 is 11.8 Å². The summed E-state index contributed by atoms with van der Waals surface area (Å²) in [6.07, 6.45) is 7.80. The Morgan fingerprint density at radius 2 is 1.83 bits per heavy atom. The van der Waals surface area contributed by atoms with Gasteiger partial charge in [0, 0.05) is 31.3 Å². The number of hydrogen-bond donors (Lipinski definition) is 1. The molecule has 2 saturated carbocycles. The first-order valence-corrected chi connectivity index (χ1v) is 9.34. The molecule has 3 aliphatic rings. The first-order chi connectivity index (χ1) is 10.8. The first kappa shape index (κ1) is 16.8. The Balaban J connectivity index is 1.47. The van der Waals surface area contributed by atoms with Gasteiger partial charge in [-0.2, -0.15) is 0 Å². The number of likely N-dealkylation sites (tertiary alicyclic amines) is 1. The van der Waals surface area contributed by atoms with E-state index >= 15 is 0 Å². The van der Waals surface area contributed by atoms with Crippen LogP contribution in [0.2, 0.25) is 0 Å². The number of carbonyl (C=O) groups excluding carboxylic acids is 2. The molecule has 3 fully saturated rings. The fourth-order valence-corrected chi connectivity index (χ4v) is 4.90. The van der Waals surface area contributed by atoms with E-state index in [-0.39, 0.29) is 11.8 Å². The van der Waals surface area contributed by atoms with Gasteiger partial charge in [0.2, 0.25) is 11.8 Å². The van der Waals surface area contributed by atoms with E-state index in [1.807, 2.05) is 4.90 Å². The van der Waals surface area contributed by atoms with E-state index < -0.39 is 0 Å². The second-order valence-corrected chi connectivity index (χ2v) is 9.02. The maximum Gasteiger partial charge on any atom is 0.226 e. The van der Waals surface area contributed by atoms with E-state index in [0.29, 0.717) is 29.1 Å². The Morgan fingerprint density at radius 3 is 2.35 bits per heavy atom. The summed E-state index contributed by atoms with van der Waals surface area (Å²) in [6, 6.07) is 0. The topological polar surface area (TPSA) is 63.4 Å². The summed E-state index contributed by atoms with van der Waals surface area (Å²) in [4.78, 5) is 25.5. The molecule has 1 saturated heterocycles. The average molecular weight is 320 g/mol. The van der Waals surface area contributed by atoms with Crippen molar-refractivity contribution in [2.75, 3.05) is 13.1 Å². The number of amides is 2. The lowest BCUT2D eigenvalue weighted by atomic mass is 9.66. The largest absolute Gasteiger partial charge is 0.370 e. The quantitative estimate of drug-likeness (QED) is 0.846. The number of nitrogens with two attached hydrogens (primary N) is 1. The predicted molar refractivity (Wildman–Crippen MR) is 90.5 cm³/mol. The van der Waals surface area contributed by atoms with Gasteiger partial charge in [0.05, 0.1) is 0 Å². The third-order valence-corrected chi connectivity index (χ3v) is 7.24. The second kappa shape index (κ2) is 5.78. The minimum atomic E-state index is -0.248. The normalized spacial score (nSPS) is 34.3. The molecule has 4 heteroatoms. The Labute approximate surface area is 140 Å². The maximum atomic E-state index is 12.6. The summed E-state index contributed by atoms with van der Waals surface area (Å²) in [5.74, 6) is 1.48. The Hall–Kier alpha value is -1.06. The van der Waals surface area contributed by atoms with E-state index in [1.54, 1.807) is 0 Å². The zero-order valence-corrected chi connectivity index (χ0v) is 14.9. The highest BCUT2D eigenvalue weighted by Gasteiger charge is 2.60. The Morgan fingerprint density at radius 1 is 1.22 bits per heavy atom. The number of primary amides is 1. The van der Waals surface area contributed by atoms with Crippen LogP contribution in [0.1, 0.15) is 65.7 Å². The van der Waals surface area contributed by atoms with Crippen molar-refractivity contribution in [3.63, 3.8) is 0 Å². The van der Waals surface area contributed by atoms with Crippen molar-refractivity contribution in [1.29, 1.82) is 0 Å². The minimum Gasteiger partial charge on any atom is -0.370 e. The Bertz CT molecular complexity index is 486. The Kier molecular flexibility index (Phi) is 4.22. The van der Waals surface area contributed by atoms with Crippen LogP contribution in [0.4, 0.5) is 0 Å². The van der Waals surface area contributed by atoms with Crippen molar-refractivity contribution < 1.29 is 9.59 Å². The molecule has 0 aromatic heterocycles. The van der Waals surface area contributed by atoms with E-state index in [9.17, 15) is 9.59 Å². The van der Waals surface area contributed by atoms with Gasteiger partial charge in [-0.1, -0.05) is 27.2 Å². The van der Waals surface area contributed by atoms with Crippen molar-refractivity contribution in [2.24, 2.45) is 34.3 Å². The van der Waals surface area contributed by atoms with Crippen molar-refractivity contribution in [2.45, 2.75) is 65.7 Å². The molecule has 23 heavy (non-hydrogen) atoms. The number of carbonyl (C=O) groups is 2. The van der Waals surface area contributed by atoms with Crippen LogP contribution >= 0.6 is 0 Å². The molecule has 2 aliphatic carbocycles. The van der Waals surface area contributed by atoms with Gasteiger partial charge in [0.15, 0.2) is 0 Å². The van der Waals surface area contributed by atoms with Crippen molar-refractivity contribution in [3.8, 4) is 0 Å². The van der Waals surface area contributed by atoms with Crippen LogP contribution in [0, 0.1) is 28.6 Å². The van der Waals surface area contributed by atoms with Gasteiger partial charge in [0.25, 0.3) is 0 Å². The van der Waals surface area contributed by atoms with Gasteiger partial charge in [-0.25, -0.2) is 0 Å². The predicted octanol–water partition coefficient (Wildman–Crippen LogP) is 2.95. The smallest absolute Gasteiger partial charge is 0.226 e. The molecular weight excluding hydrogens is 288 g/mol. The van der Waals surface area contributed by atoms with Crippen LogP contribution in [0.5, 0.6) is 0 Å². The van der Waals surface area contributed by atoms with E-state index in [0.717, 1.165) is 25.4 Å². The highest BCUT2D eigenvalue weighted by atomic mass is 16.2. The summed E-state index contributed by atoms with van der Waals surface area (Å²) < 4.78 is 0. The van der Waals surface area contributed by atoms with E-state index in [2.05, 4.69) is 20.8 Å². The first-order valence-electron chi connectivity index (χ1n) is 9.34. The van der Waals surface area contributed by atoms with E-state index in [1.165, 1.54) is 32.1 Å². The van der Waals surface area contributed by atoms with Gasteiger partial charge >= 0.3 is 0 Å². The summed E-state index contributed by atoms with van der Waals surface area (Å²) >= 11 is 0. The molecule has 2 N–H and O–H groups in total. The summed E-state index contributed by atoms with van der Waals surface area (Å²) in [5.41, 5.74) is 5.99. The molecule has 4 nitrogen and oxygen atoms in total. The molecule has 2 amide bonds. The molecule has 1 heterocycles. The SMILES string of the molecule is CCC(C)(C)C1CCC2(CC1)CC2C(=O)N1CC(CC(N)=O)C1. The molecule has 1 spiro atoms. The molecule has 3 rings (SSSR count). The monoisotopic (exact) mass is 320 g/mol. The second-order valence-electron chi connectivity index (χ2n) is 9.02. The van der Waals surface area contributed by atoms with Gasteiger partial charge in [-0.3, -0.25) is 9.59 Å². The molecule has 1 unspecified atom stereocenters. The zero-order valence-electron chi connectivity index (χ0n) is 14.9. The third-order valence-electron chi connectivity index (χ3n) is 7.24. The van der Waals surface area contributed by atoms with Crippen molar-refractivity contribution in [1.82, 2.24) is 4.90 Å². The van der Waals surface area contributed by atoms with Crippen LogP contribution in [0.15, 0.2) is 0 Å². The fraction of sp³-hybridized carbons (Fsp3) is 0.895. The average Bonchev–Trinajstić information content (AvgIpc) is 3.15. The van der Waals surface area contributed by atoms with Crippen LogP contribution in [0.3, 0.4) is 0 Å².